The first-order valence-electron chi connectivity index (χ1n) is 10.1. The lowest BCUT2D eigenvalue weighted by Gasteiger charge is -2.41. The molecule has 2 aromatic rings. The lowest BCUT2D eigenvalue weighted by molar-refractivity contribution is -0.142. The number of nitrogens with one attached hydrogen (secondary N) is 1. The van der Waals surface area contributed by atoms with Gasteiger partial charge in [0.15, 0.2) is 0 Å². The Morgan fingerprint density at radius 2 is 1.93 bits per heavy atom. The number of piperidine rings is 1. The Morgan fingerprint density at radius 3 is 2.66 bits per heavy atom. The maximum atomic E-state index is 13.2. The average molecular weight is 396 g/mol. The number of phenolic OH excluding ortho intramolecular Hbond substituents is 1. The van der Waals surface area contributed by atoms with Crippen molar-refractivity contribution < 1.29 is 19.4 Å². The highest BCUT2D eigenvalue weighted by atomic mass is 16.5. The number of anilines is 1. The van der Waals surface area contributed by atoms with Gasteiger partial charge in [0.2, 0.25) is 11.8 Å². The molecule has 0 spiro atoms. The van der Waals surface area contributed by atoms with Gasteiger partial charge in [-0.1, -0.05) is 43.7 Å². The lowest BCUT2D eigenvalue weighted by atomic mass is 9.83. The standard InChI is InChI=1S/C23H28N2O4/c1-3-4-15-25-21(27)14-13-17(22(25)16-9-5-8-12-20(16)29-2)23(28)24-18-10-6-7-11-19(18)26/h5-12,17,22,26H,3-4,13-15H2,1-2H3,(H,24,28)/t17-,22-/m1/s1. The number of benzene rings is 2. The van der Waals surface area contributed by atoms with Crippen molar-refractivity contribution in [1.82, 2.24) is 4.90 Å². The number of methoxy groups -OCH3 is 1. The lowest BCUT2D eigenvalue weighted by Crippen LogP contribution is -2.47. The maximum Gasteiger partial charge on any atom is 0.230 e. The van der Waals surface area contributed by atoms with Crippen LogP contribution in [0.25, 0.3) is 0 Å². The summed E-state index contributed by atoms with van der Waals surface area (Å²) in [5, 5.41) is 12.9. The number of ether oxygens (including phenoxy) is 1. The van der Waals surface area contributed by atoms with Crippen LogP contribution in [-0.4, -0.2) is 35.5 Å². The number of unbranched alkanes of at least 4 members (excludes halogenated alkanes) is 1. The van der Waals surface area contributed by atoms with Crippen molar-refractivity contribution in [3.05, 3.63) is 54.1 Å². The third-order valence-corrected chi connectivity index (χ3v) is 5.42. The predicted octanol–water partition coefficient (Wildman–Crippen LogP) is 4.12. The van der Waals surface area contributed by atoms with Crippen LogP contribution in [0.4, 0.5) is 5.69 Å². The van der Waals surface area contributed by atoms with E-state index in [1.54, 1.807) is 25.3 Å². The number of hydrogen-bond acceptors (Lipinski definition) is 4. The molecule has 3 rings (SSSR count). The minimum atomic E-state index is -0.444. The first kappa shape index (κ1) is 20.7. The highest BCUT2D eigenvalue weighted by molar-refractivity contribution is 5.96. The van der Waals surface area contributed by atoms with Crippen molar-refractivity contribution >= 4 is 17.5 Å². The van der Waals surface area contributed by atoms with Crippen molar-refractivity contribution in [3.8, 4) is 11.5 Å². The number of hydrogen-bond donors (Lipinski definition) is 2. The molecule has 1 heterocycles. The largest absolute Gasteiger partial charge is 0.506 e. The SMILES string of the molecule is CCCCN1C(=O)CC[C@@H](C(=O)Nc2ccccc2O)[C@H]1c1ccccc1OC. The second-order valence-corrected chi connectivity index (χ2v) is 7.28. The molecule has 1 saturated heterocycles. The summed E-state index contributed by atoms with van der Waals surface area (Å²) in [7, 11) is 1.59. The van der Waals surface area contributed by atoms with E-state index in [0.29, 0.717) is 30.8 Å². The van der Waals surface area contributed by atoms with Gasteiger partial charge in [-0.3, -0.25) is 9.59 Å². The summed E-state index contributed by atoms with van der Waals surface area (Å²) in [6.07, 6.45) is 2.60. The van der Waals surface area contributed by atoms with Gasteiger partial charge in [-0.2, -0.15) is 0 Å². The molecule has 1 fully saturated rings. The number of likely N-dealkylation sites (tertiary alicyclic amines) is 1. The summed E-state index contributed by atoms with van der Waals surface area (Å²) in [5.41, 5.74) is 1.20. The molecular formula is C23H28N2O4. The molecule has 29 heavy (non-hydrogen) atoms. The van der Waals surface area contributed by atoms with Crippen molar-refractivity contribution in [3.63, 3.8) is 0 Å². The highest BCUT2D eigenvalue weighted by Gasteiger charge is 2.41. The zero-order chi connectivity index (χ0) is 20.8. The second-order valence-electron chi connectivity index (χ2n) is 7.28. The Labute approximate surface area is 171 Å². The number of nitrogens with zero attached hydrogens (tertiary/aromatic N) is 1. The van der Waals surface area contributed by atoms with Gasteiger partial charge in [-0.25, -0.2) is 0 Å². The average Bonchev–Trinajstić information content (AvgIpc) is 2.74. The topological polar surface area (TPSA) is 78.9 Å². The van der Waals surface area contributed by atoms with Gasteiger partial charge in [-0.05, 0) is 31.0 Å². The van der Waals surface area contributed by atoms with Crippen molar-refractivity contribution in [2.75, 3.05) is 19.0 Å². The summed E-state index contributed by atoms with van der Waals surface area (Å²) < 4.78 is 5.54. The summed E-state index contributed by atoms with van der Waals surface area (Å²) in [6, 6.07) is 13.8. The molecule has 6 nitrogen and oxygen atoms in total. The van der Waals surface area contributed by atoms with Crippen LogP contribution < -0.4 is 10.1 Å². The molecule has 1 aliphatic heterocycles. The van der Waals surface area contributed by atoms with Crippen LogP contribution in [0.3, 0.4) is 0 Å². The van der Waals surface area contributed by atoms with E-state index in [-0.39, 0.29) is 17.6 Å². The fourth-order valence-corrected chi connectivity index (χ4v) is 3.92. The van der Waals surface area contributed by atoms with E-state index in [1.165, 1.54) is 6.07 Å². The van der Waals surface area contributed by atoms with Crippen LogP contribution in [0.2, 0.25) is 0 Å². The Balaban J connectivity index is 1.97. The molecule has 2 N–H and O–H groups in total. The Kier molecular flexibility index (Phi) is 6.75. The minimum absolute atomic E-state index is 0.0180. The molecule has 0 aliphatic carbocycles. The molecule has 2 amide bonds. The third kappa shape index (κ3) is 4.53. The smallest absolute Gasteiger partial charge is 0.230 e. The Bertz CT molecular complexity index is 867. The van der Waals surface area contributed by atoms with Gasteiger partial charge < -0.3 is 20.1 Å². The van der Waals surface area contributed by atoms with Gasteiger partial charge in [0, 0.05) is 18.5 Å². The molecule has 0 saturated carbocycles. The normalized spacial score (nSPS) is 19.1. The van der Waals surface area contributed by atoms with Gasteiger partial charge in [0.1, 0.15) is 11.5 Å². The monoisotopic (exact) mass is 396 g/mol. The van der Waals surface area contributed by atoms with E-state index in [1.807, 2.05) is 29.2 Å². The number of carbonyl (C=O) groups is 2. The molecule has 6 heteroatoms. The van der Waals surface area contributed by atoms with Gasteiger partial charge in [-0.15, -0.1) is 0 Å². The number of phenols is 1. The van der Waals surface area contributed by atoms with Crippen LogP contribution in [-0.2, 0) is 9.59 Å². The van der Waals surface area contributed by atoms with E-state index in [2.05, 4.69) is 12.2 Å². The van der Waals surface area contributed by atoms with Crippen LogP contribution >= 0.6 is 0 Å². The number of amides is 2. The van der Waals surface area contributed by atoms with E-state index < -0.39 is 12.0 Å². The van der Waals surface area contributed by atoms with E-state index >= 15 is 0 Å². The van der Waals surface area contributed by atoms with Crippen LogP contribution in [0.15, 0.2) is 48.5 Å². The summed E-state index contributed by atoms with van der Waals surface area (Å²) in [5.74, 6) is 0.0799. The van der Waals surface area contributed by atoms with Crippen molar-refractivity contribution in [2.24, 2.45) is 5.92 Å². The minimum Gasteiger partial charge on any atom is -0.506 e. The summed E-state index contributed by atoms with van der Waals surface area (Å²) in [4.78, 5) is 27.8. The molecule has 0 bridgehead atoms. The zero-order valence-corrected chi connectivity index (χ0v) is 16.9. The number of carbonyl (C=O) groups excluding carboxylic acids is 2. The molecule has 2 aromatic carbocycles. The highest BCUT2D eigenvalue weighted by Crippen LogP contribution is 2.41. The fraction of sp³-hybridized carbons (Fsp3) is 0.391. The summed E-state index contributed by atoms with van der Waals surface area (Å²) >= 11 is 0. The van der Waals surface area contributed by atoms with Crippen molar-refractivity contribution in [2.45, 2.75) is 38.6 Å². The number of rotatable bonds is 7. The molecule has 0 radical (unpaired) electrons. The molecule has 0 unspecified atom stereocenters. The van der Waals surface area contributed by atoms with Crippen molar-refractivity contribution in [1.29, 1.82) is 0 Å². The van der Waals surface area contributed by atoms with Gasteiger partial charge >= 0.3 is 0 Å². The van der Waals surface area contributed by atoms with E-state index in [4.69, 9.17) is 4.74 Å². The quantitative estimate of drug-likeness (QED) is 0.690. The first-order valence-corrected chi connectivity index (χ1v) is 10.1. The number of aromatic hydroxyl groups is 1. The number of para-hydroxylation sites is 3. The molecule has 1 aliphatic rings. The van der Waals surface area contributed by atoms with Crippen LogP contribution in [0.1, 0.15) is 44.2 Å². The van der Waals surface area contributed by atoms with E-state index in [9.17, 15) is 14.7 Å². The zero-order valence-electron chi connectivity index (χ0n) is 16.9. The third-order valence-electron chi connectivity index (χ3n) is 5.42. The Morgan fingerprint density at radius 1 is 1.21 bits per heavy atom. The van der Waals surface area contributed by atoms with E-state index in [0.717, 1.165) is 18.4 Å². The molecular weight excluding hydrogens is 368 g/mol. The molecule has 0 aromatic heterocycles. The molecule has 2 atom stereocenters. The molecule has 154 valence electrons. The summed E-state index contributed by atoms with van der Waals surface area (Å²) in [6.45, 7) is 2.67. The van der Waals surface area contributed by atoms with Gasteiger partial charge in [0.25, 0.3) is 0 Å². The van der Waals surface area contributed by atoms with Gasteiger partial charge in [0.05, 0.1) is 24.8 Å². The van der Waals surface area contributed by atoms with Crippen LogP contribution in [0.5, 0.6) is 11.5 Å². The first-order chi connectivity index (χ1) is 14.1. The maximum absolute atomic E-state index is 13.2. The fourth-order valence-electron chi connectivity index (χ4n) is 3.92. The predicted molar refractivity (Wildman–Crippen MR) is 112 cm³/mol. The van der Waals surface area contributed by atoms with Crippen LogP contribution in [0, 0.1) is 5.92 Å². The Hall–Kier alpha value is -3.02. The second kappa shape index (κ2) is 9.45.